The van der Waals surface area contributed by atoms with Crippen molar-refractivity contribution in [2.45, 2.75) is 18.1 Å². The van der Waals surface area contributed by atoms with E-state index in [9.17, 15) is 13.6 Å². The van der Waals surface area contributed by atoms with E-state index in [0.29, 0.717) is 29.7 Å². The second-order valence-corrected chi connectivity index (χ2v) is 8.05. The molecule has 0 aliphatic rings. The highest BCUT2D eigenvalue weighted by atomic mass is 32.2. The molecule has 3 aromatic carbocycles. The summed E-state index contributed by atoms with van der Waals surface area (Å²) < 4.78 is 28.2. The molecule has 4 rings (SSSR count). The van der Waals surface area contributed by atoms with Crippen molar-refractivity contribution in [3.63, 3.8) is 0 Å². The summed E-state index contributed by atoms with van der Waals surface area (Å²) in [6.45, 7) is 0.346. The third-order valence-corrected chi connectivity index (χ3v) is 5.64. The molecule has 0 bridgehead atoms. The molecule has 1 heterocycles. The van der Waals surface area contributed by atoms with Crippen molar-refractivity contribution in [3.8, 4) is 17.1 Å². The lowest BCUT2D eigenvalue weighted by Crippen LogP contribution is -2.23. The molecule has 4 aromatic rings. The molecule has 0 unspecified atom stereocenters. The molecular formula is C24H20F2N4OS. The first-order valence-corrected chi connectivity index (χ1v) is 11.0. The average molecular weight is 451 g/mol. The van der Waals surface area contributed by atoms with Crippen molar-refractivity contribution < 1.29 is 13.6 Å². The van der Waals surface area contributed by atoms with E-state index in [4.69, 9.17) is 0 Å². The standard InChI is InChI=1S/C24H20F2N4OS/c25-19-10-6-17(7-11-19)16-27-22(31)14-15-32-24-29-28-23(18-8-12-20(26)13-9-18)30(24)21-4-2-1-3-5-21/h1-13H,14-16H2,(H,27,31). The van der Waals surface area contributed by atoms with Crippen molar-refractivity contribution in [3.05, 3.63) is 96.1 Å². The summed E-state index contributed by atoms with van der Waals surface area (Å²) in [6.07, 6.45) is 0.291. The van der Waals surface area contributed by atoms with E-state index in [1.165, 1.54) is 36.0 Å². The van der Waals surface area contributed by atoms with E-state index in [1.54, 1.807) is 24.3 Å². The molecule has 0 fully saturated rings. The van der Waals surface area contributed by atoms with Gasteiger partial charge in [-0.05, 0) is 54.1 Å². The van der Waals surface area contributed by atoms with Crippen molar-refractivity contribution in [1.82, 2.24) is 20.1 Å². The van der Waals surface area contributed by atoms with E-state index in [1.807, 2.05) is 34.9 Å². The van der Waals surface area contributed by atoms with Gasteiger partial charge in [0, 0.05) is 30.0 Å². The number of thioether (sulfide) groups is 1. The lowest BCUT2D eigenvalue weighted by Gasteiger charge is -2.10. The molecule has 1 N–H and O–H groups in total. The van der Waals surface area contributed by atoms with Crippen LogP contribution >= 0.6 is 11.8 Å². The molecule has 0 spiro atoms. The van der Waals surface area contributed by atoms with Crippen molar-refractivity contribution in [2.24, 2.45) is 0 Å². The maximum atomic E-state index is 13.4. The lowest BCUT2D eigenvalue weighted by atomic mass is 10.2. The average Bonchev–Trinajstić information content (AvgIpc) is 3.23. The lowest BCUT2D eigenvalue weighted by molar-refractivity contribution is -0.120. The summed E-state index contributed by atoms with van der Waals surface area (Å²) in [5, 5.41) is 12.1. The minimum absolute atomic E-state index is 0.105. The Labute approximate surface area is 188 Å². The van der Waals surface area contributed by atoms with Gasteiger partial charge >= 0.3 is 0 Å². The number of amides is 1. The number of para-hydroxylation sites is 1. The van der Waals surface area contributed by atoms with Crippen LogP contribution in [0.5, 0.6) is 0 Å². The van der Waals surface area contributed by atoms with Gasteiger partial charge in [-0.25, -0.2) is 8.78 Å². The normalized spacial score (nSPS) is 10.8. The molecular weight excluding hydrogens is 430 g/mol. The Bertz CT molecular complexity index is 1180. The smallest absolute Gasteiger partial charge is 0.221 e. The summed E-state index contributed by atoms with van der Waals surface area (Å²) in [4.78, 5) is 12.2. The Morgan fingerprint density at radius 1 is 0.875 bits per heavy atom. The third kappa shape index (κ3) is 5.39. The van der Waals surface area contributed by atoms with Gasteiger partial charge in [-0.2, -0.15) is 0 Å². The van der Waals surface area contributed by atoms with E-state index in [2.05, 4.69) is 15.5 Å². The first kappa shape index (κ1) is 21.7. The van der Waals surface area contributed by atoms with Gasteiger partial charge in [-0.15, -0.1) is 10.2 Å². The van der Waals surface area contributed by atoms with Crippen LogP contribution in [0.3, 0.4) is 0 Å². The molecule has 0 atom stereocenters. The number of hydrogen-bond donors (Lipinski definition) is 1. The summed E-state index contributed by atoms with van der Waals surface area (Å²) >= 11 is 1.42. The Hall–Kier alpha value is -3.52. The van der Waals surface area contributed by atoms with Crippen molar-refractivity contribution >= 4 is 17.7 Å². The molecule has 32 heavy (non-hydrogen) atoms. The first-order chi connectivity index (χ1) is 15.6. The van der Waals surface area contributed by atoms with Gasteiger partial charge in [0.05, 0.1) is 0 Å². The SMILES string of the molecule is O=C(CCSc1nnc(-c2ccc(F)cc2)n1-c1ccccc1)NCc1ccc(F)cc1. The monoisotopic (exact) mass is 450 g/mol. The van der Waals surface area contributed by atoms with Gasteiger partial charge in [0.2, 0.25) is 5.91 Å². The Kier molecular flexibility index (Phi) is 6.91. The number of aromatic nitrogens is 3. The minimum Gasteiger partial charge on any atom is -0.352 e. The van der Waals surface area contributed by atoms with E-state index >= 15 is 0 Å². The molecule has 0 saturated heterocycles. The zero-order valence-corrected chi connectivity index (χ0v) is 17.9. The molecule has 1 aromatic heterocycles. The van der Waals surface area contributed by atoms with Gasteiger partial charge in [0.1, 0.15) is 11.6 Å². The van der Waals surface area contributed by atoms with Gasteiger partial charge in [0.15, 0.2) is 11.0 Å². The predicted octanol–water partition coefficient (Wildman–Crippen LogP) is 5.01. The van der Waals surface area contributed by atoms with Crippen molar-refractivity contribution in [1.29, 1.82) is 0 Å². The van der Waals surface area contributed by atoms with Gasteiger partial charge < -0.3 is 5.32 Å². The molecule has 0 radical (unpaired) electrons. The van der Waals surface area contributed by atoms with Crippen LogP contribution in [-0.2, 0) is 11.3 Å². The van der Waals surface area contributed by atoms with E-state index in [0.717, 1.165) is 16.8 Å². The summed E-state index contributed by atoms with van der Waals surface area (Å²) in [6, 6.07) is 21.8. The molecule has 0 aliphatic heterocycles. The van der Waals surface area contributed by atoms with Crippen LogP contribution in [0.25, 0.3) is 17.1 Å². The predicted molar refractivity (Wildman–Crippen MR) is 120 cm³/mol. The molecule has 0 saturated carbocycles. The number of hydrogen-bond acceptors (Lipinski definition) is 4. The molecule has 5 nitrogen and oxygen atoms in total. The minimum atomic E-state index is -0.319. The number of benzene rings is 3. The number of nitrogens with zero attached hydrogens (tertiary/aromatic N) is 3. The topological polar surface area (TPSA) is 59.8 Å². The molecule has 162 valence electrons. The maximum Gasteiger partial charge on any atom is 0.221 e. The number of nitrogens with one attached hydrogen (secondary N) is 1. The van der Waals surface area contributed by atoms with E-state index < -0.39 is 0 Å². The quantitative estimate of drug-likeness (QED) is 0.384. The van der Waals surface area contributed by atoms with Crippen LogP contribution in [0.1, 0.15) is 12.0 Å². The van der Waals surface area contributed by atoms with E-state index in [-0.39, 0.29) is 17.5 Å². The fourth-order valence-electron chi connectivity index (χ4n) is 3.09. The summed E-state index contributed by atoms with van der Waals surface area (Å²) in [7, 11) is 0. The Morgan fingerprint density at radius 2 is 1.53 bits per heavy atom. The van der Waals surface area contributed by atoms with Crippen LogP contribution in [0.4, 0.5) is 8.78 Å². The number of carbonyl (C=O) groups excluding carboxylic acids is 1. The molecule has 1 amide bonds. The van der Waals surface area contributed by atoms with Gasteiger partial charge in [-0.3, -0.25) is 9.36 Å². The van der Waals surface area contributed by atoms with Crippen LogP contribution in [0, 0.1) is 11.6 Å². The largest absolute Gasteiger partial charge is 0.352 e. The van der Waals surface area contributed by atoms with Crippen LogP contribution < -0.4 is 5.32 Å². The zero-order valence-electron chi connectivity index (χ0n) is 17.0. The summed E-state index contributed by atoms with van der Waals surface area (Å²) in [5.74, 6) is 0.370. The van der Waals surface area contributed by atoms with Crippen LogP contribution in [0.15, 0.2) is 84.0 Å². The highest BCUT2D eigenvalue weighted by Gasteiger charge is 2.16. The molecule has 0 aliphatic carbocycles. The second kappa shape index (κ2) is 10.2. The maximum absolute atomic E-state index is 13.4. The number of halogens is 2. The first-order valence-electron chi connectivity index (χ1n) is 10.0. The summed E-state index contributed by atoms with van der Waals surface area (Å²) in [5.41, 5.74) is 2.45. The van der Waals surface area contributed by atoms with Crippen LogP contribution in [-0.4, -0.2) is 26.4 Å². The van der Waals surface area contributed by atoms with Gasteiger partial charge in [-0.1, -0.05) is 42.1 Å². The number of carbonyl (C=O) groups is 1. The van der Waals surface area contributed by atoms with Crippen LogP contribution in [0.2, 0.25) is 0 Å². The fraction of sp³-hybridized carbons (Fsp3) is 0.125. The Balaban J connectivity index is 1.43. The molecule has 8 heteroatoms. The highest BCUT2D eigenvalue weighted by molar-refractivity contribution is 7.99. The second-order valence-electron chi connectivity index (χ2n) is 6.99. The third-order valence-electron chi connectivity index (χ3n) is 4.71. The van der Waals surface area contributed by atoms with Crippen molar-refractivity contribution in [2.75, 3.05) is 5.75 Å². The fourth-order valence-corrected chi connectivity index (χ4v) is 3.98. The number of rotatable bonds is 8. The highest BCUT2D eigenvalue weighted by Crippen LogP contribution is 2.28. The Morgan fingerprint density at radius 3 is 2.22 bits per heavy atom. The zero-order chi connectivity index (χ0) is 22.3. The van der Waals surface area contributed by atoms with Gasteiger partial charge in [0.25, 0.3) is 0 Å².